The highest BCUT2D eigenvalue weighted by atomic mass is 16.8. The maximum absolute atomic E-state index is 15.2. The lowest BCUT2D eigenvalue weighted by molar-refractivity contribution is -0.361. The molecule has 0 radical (unpaired) electrons. The van der Waals surface area contributed by atoms with Gasteiger partial charge in [-0.15, -0.1) is 0 Å². The minimum Gasteiger partial charge on any atom is -0.479 e. The summed E-state index contributed by atoms with van der Waals surface area (Å²) >= 11 is 0. The lowest BCUT2D eigenvalue weighted by atomic mass is 9.33. The number of allylic oxidation sites excluding steroid dienone is 2. The molecule has 4 aliphatic heterocycles. The van der Waals surface area contributed by atoms with Crippen LogP contribution in [0, 0.1) is 50.2 Å². The number of aliphatic hydroxyl groups excluding tert-OH is 11. The van der Waals surface area contributed by atoms with Gasteiger partial charge in [0.1, 0.15) is 92.1 Å². The Bertz CT molecular complexity index is 2300. The maximum atomic E-state index is 15.2. The van der Waals surface area contributed by atoms with Crippen LogP contribution < -0.4 is 0 Å². The third-order valence-corrected chi connectivity index (χ3v) is 21.6. The molecule has 4 heterocycles. The third-order valence-electron chi connectivity index (χ3n) is 21.6. The van der Waals surface area contributed by atoms with Gasteiger partial charge in [-0.05, 0) is 116 Å². The van der Waals surface area contributed by atoms with Gasteiger partial charge in [0.25, 0.3) is 0 Å². The van der Waals surface area contributed by atoms with Crippen LogP contribution in [0.5, 0.6) is 0 Å². The Hall–Kier alpha value is -2.57. The Labute approximate surface area is 465 Å². The van der Waals surface area contributed by atoms with Crippen molar-refractivity contribution in [2.24, 2.45) is 50.2 Å². The van der Waals surface area contributed by atoms with Crippen molar-refractivity contribution < 1.29 is 118 Å². The molecule has 0 aromatic rings. The molecule has 4 saturated carbocycles. The normalized spacial score (nSPS) is 51.7. The number of esters is 2. The van der Waals surface area contributed by atoms with Gasteiger partial charge in [0.2, 0.25) is 6.29 Å². The number of fused-ring (bicyclic) bond motifs is 7. The molecule has 0 amide bonds. The molecule has 24 nitrogen and oxygen atoms in total. The second kappa shape index (κ2) is 22.4. The second-order valence-electron chi connectivity index (χ2n) is 27.0. The van der Waals surface area contributed by atoms with Crippen molar-refractivity contribution >= 4 is 17.9 Å². The first-order chi connectivity index (χ1) is 37.2. The van der Waals surface area contributed by atoms with Crippen LogP contribution >= 0.6 is 0 Å². The molecular weight excluding hydrogens is 1060 g/mol. The van der Waals surface area contributed by atoms with Crippen molar-refractivity contribution in [2.45, 2.75) is 255 Å². The second-order valence-corrected chi connectivity index (χ2v) is 27.0. The summed E-state index contributed by atoms with van der Waals surface area (Å²) in [5, 5.41) is 129. The number of ether oxygens (including phenoxy) is 9. The summed E-state index contributed by atoms with van der Waals surface area (Å²) in [6, 6.07) is 0. The van der Waals surface area contributed by atoms with E-state index in [1.54, 1.807) is 0 Å². The van der Waals surface area contributed by atoms with E-state index in [-0.39, 0.29) is 39.4 Å². The summed E-state index contributed by atoms with van der Waals surface area (Å²) in [6.07, 6.45) is -24.9. The largest absolute Gasteiger partial charge is 0.479 e. The molecule has 8 fully saturated rings. The molecule has 0 aromatic carbocycles. The van der Waals surface area contributed by atoms with Gasteiger partial charge in [-0.25, -0.2) is 4.79 Å². The van der Waals surface area contributed by atoms with Gasteiger partial charge in [-0.2, -0.15) is 0 Å². The number of aliphatic hydroxyl groups is 11. The molecule has 12 N–H and O–H groups in total. The number of carboxylic acids is 1. The van der Waals surface area contributed by atoms with Crippen LogP contribution in [0.15, 0.2) is 11.6 Å². The fraction of sp³-hybridized carbons (Fsp3) is 0.911. The zero-order valence-corrected chi connectivity index (χ0v) is 47.2. The van der Waals surface area contributed by atoms with E-state index in [4.69, 9.17) is 42.6 Å². The summed E-state index contributed by atoms with van der Waals surface area (Å²) in [7, 11) is 0. The topological polar surface area (TPSA) is 377 Å². The van der Waals surface area contributed by atoms with E-state index in [1.807, 2.05) is 0 Å². The summed E-state index contributed by atoms with van der Waals surface area (Å²) in [5.41, 5.74) is -1.26. The molecule has 28 atom stereocenters. The van der Waals surface area contributed by atoms with Crippen molar-refractivity contribution in [1.82, 2.24) is 0 Å². The van der Waals surface area contributed by atoms with Crippen molar-refractivity contribution in [3.8, 4) is 0 Å². The lowest BCUT2D eigenvalue weighted by Crippen LogP contribution is -2.66. The van der Waals surface area contributed by atoms with E-state index >= 15 is 4.79 Å². The molecule has 0 unspecified atom stereocenters. The van der Waals surface area contributed by atoms with Gasteiger partial charge < -0.3 is 104 Å². The zero-order valence-electron chi connectivity index (χ0n) is 47.2. The highest BCUT2D eigenvalue weighted by Crippen LogP contribution is 2.76. The van der Waals surface area contributed by atoms with Crippen molar-refractivity contribution in [3.63, 3.8) is 0 Å². The average Bonchev–Trinajstić information content (AvgIpc) is 2.09. The van der Waals surface area contributed by atoms with Crippen LogP contribution in [0.1, 0.15) is 127 Å². The van der Waals surface area contributed by atoms with Gasteiger partial charge in [0, 0.05) is 6.92 Å². The van der Waals surface area contributed by atoms with E-state index in [2.05, 4.69) is 54.5 Å². The number of carbonyl (C=O) groups excluding carboxylic acids is 2. The molecular formula is C56H88O24. The lowest BCUT2D eigenvalue weighted by Gasteiger charge is -2.71. The Morgan fingerprint density at radius 2 is 1.20 bits per heavy atom. The van der Waals surface area contributed by atoms with Gasteiger partial charge in [0.05, 0.1) is 24.2 Å². The molecule has 5 aliphatic carbocycles. The highest BCUT2D eigenvalue weighted by molar-refractivity contribution is 5.79. The molecule has 9 rings (SSSR count). The first-order valence-corrected chi connectivity index (χ1v) is 28.6. The minimum absolute atomic E-state index is 0.131. The first kappa shape index (κ1) is 62.0. The summed E-state index contributed by atoms with van der Waals surface area (Å²) in [6.45, 7) is 17.1. The standard InChI is InChI=1S/C56H88O24/c1-23-32(58)34(60)39(65)47(74-23)78-43-28(22-72-24(2)57)76-46(42(68)38(43)64)73-21-27-33(59)35(61)40(66)48(75-27)80-50(71)56-18-16-51(3,4)20-26(56)25-10-11-30-53(7)14-13-31(77-49-41(67)36(62)37(63)44(79-49)45(69)70)52(5,6)29(53)12-15-55(30,9)54(25,8)17-19-56/h10,23,26-44,46-49,58-68H,11-22H2,1-9H3,(H,69,70)/t23-,26-,27+,28+,29-,30+,31-,32-,33+,34+,35-,36-,37-,38+,39+,40+,41+,42+,43+,44-,46-,47+,48+,49+,53-,54+,55+,56-/m0/s1. The predicted molar refractivity (Wildman–Crippen MR) is 271 cm³/mol. The number of carbonyl (C=O) groups is 3. The molecule has 4 saturated heterocycles. The number of rotatable bonds is 12. The number of carboxylic acid groups (broad SMARTS) is 1. The van der Waals surface area contributed by atoms with Crippen LogP contribution in [0.3, 0.4) is 0 Å². The van der Waals surface area contributed by atoms with Crippen molar-refractivity contribution in [2.75, 3.05) is 13.2 Å². The minimum atomic E-state index is -1.91. The summed E-state index contributed by atoms with van der Waals surface area (Å²) in [4.78, 5) is 39.0. The van der Waals surface area contributed by atoms with Gasteiger partial charge in [0.15, 0.2) is 25.0 Å². The molecule has 456 valence electrons. The van der Waals surface area contributed by atoms with Crippen LogP contribution in [-0.4, -0.2) is 221 Å². The fourth-order valence-electron chi connectivity index (χ4n) is 16.5. The zero-order chi connectivity index (χ0) is 58.7. The average molecular weight is 1150 g/mol. The molecule has 80 heavy (non-hydrogen) atoms. The molecule has 24 heteroatoms. The Balaban J connectivity index is 0.899. The number of aliphatic carboxylic acids is 1. The van der Waals surface area contributed by atoms with Gasteiger partial charge >= 0.3 is 17.9 Å². The van der Waals surface area contributed by atoms with E-state index in [0.717, 1.165) is 32.6 Å². The van der Waals surface area contributed by atoms with Crippen LogP contribution in [0.2, 0.25) is 0 Å². The van der Waals surface area contributed by atoms with Crippen molar-refractivity contribution in [3.05, 3.63) is 11.6 Å². The van der Waals surface area contributed by atoms with Crippen LogP contribution in [0.25, 0.3) is 0 Å². The van der Waals surface area contributed by atoms with Crippen molar-refractivity contribution in [1.29, 1.82) is 0 Å². The Kier molecular flexibility index (Phi) is 17.3. The van der Waals surface area contributed by atoms with Gasteiger partial charge in [-0.1, -0.05) is 60.1 Å². The highest BCUT2D eigenvalue weighted by Gasteiger charge is 2.70. The van der Waals surface area contributed by atoms with Crippen LogP contribution in [-0.2, 0) is 57.0 Å². The smallest absolute Gasteiger partial charge is 0.335 e. The Morgan fingerprint density at radius 1 is 0.600 bits per heavy atom. The van der Waals surface area contributed by atoms with E-state index < -0.39 is 171 Å². The first-order valence-electron chi connectivity index (χ1n) is 28.6. The van der Waals surface area contributed by atoms with E-state index in [0.29, 0.717) is 38.5 Å². The molecule has 9 aliphatic rings. The molecule has 0 spiro atoms. The third kappa shape index (κ3) is 10.4. The summed E-state index contributed by atoms with van der Waals surface area (Å²) in [5.74, 6) is -2.76. The van der Waals surface area contributed by atoms with Gasteiger partial charge in [-0.3, -0.25) is 9.59 Å². The van der Waals surface area contributed by atoms with E-state index in [9.17, 15) is 70.9 Å². The quantitative estimate of drug-likeness (QED) is 0.0675. The Morgan fingerprint density at radius 3 is 1.86 bits per heavy atom. The number of hydrogen-bond acceptors (Lipinski definition) is 23. The number of hydrogen-bond donors (Lipinski definition) is 12. The fourth-order valence-corrected chi connectivity index (χ4v) is 16.5. The SMILES string of the molecule is CC(=O)OC[C@H]1O[C@H](OC[C@H]2O[C@H](OC(=O)[C@]34CCC(C)(C)C[C@H]3C3=CC[C@@H]5[C@@]6(C)CC[C@H](O[C@@H]7O[C@H](C(=O)O)[C@@H](O)[C@H](O)[C@H]7O)C(C)(C)[C@@H]6CC[C@@]5(C)[C@]3(C)CC4)[C@H](O)[C@@H](O)[C@@H]2O)[C@H](O)[C@@H](O)[C@@H]1O[C@H]1O[C@@H](C)[C@H](O)[C@@H](O)[C@H]1O. The predicted octanol–water partition coefficient (Wildman–Crippen LogP) is -0.345. The molecule has 0 aromatic heterocycles. The van der Waals surface area contributed by atoms with Crippen LogP contribution in [0.4, 0.5) is 0 Å². The monoisotopic (exact) mass is 1140 g/mol. The maximum Gasteiger partial charge on any atom is 0.335 e. The summed E-state index contributed by atoms with van der Waals surface area (Å²) < 4.78 is 52.5. The molecule has 0 bridgehead atoms. The van der Waals surface area contributed by atoms with E-state index in [1.165, 1.54) is 12.5 Å².